The van der Waals surface area contributed by atoms with Crippen LogP contribution in [-0.2, 0) is 0 Å². The lowest BCUT2D eigenvalue weighted by atomic mass is 9.95. The molecule has 0 aliphatic rings. The minimum Gasteiger partial charge on any atom is -0.478 e. The topological polar surface area (TPSA) is 132 Å². The molecule has 19 heavy (non-hydrogen) atoms. The van der Waals surface area contributed by atoms with Crippen molar-refractivity contribution in [2.24, 2.45) is 11.5 Å². The molecule has 0 unspecified atom stereocenters. The summed E-state index contributed by atoms with van der Waals surface area (Å²) < 4.78 is 0. The third-order valence-electron chi connectivity index (χ3n) is 2.85. The Labute approximate surface area is 111 Å². The number of hydrogen-bond acceptors (Lipinski definition) is 5. The fraction of sp³-hybridized carbons (Fsp3) is 0.385. The van der Waals surface area contributed by atoms with E-state index in [9.17, 15) is 9.59 Å². The van der Waals surface area contributed by atoms with E-state index in [1.54, 1.807) is 0 Å². The van der Waals surface area contributed by atoms with Crippen molar-refractivity contribution in [2.75, 3.05) is 12.3 Å². The smallest absolute Gasteiger partial charge is 0.336 e. The summed E-state index contributed by atoms with van der Waals surface area (Å²) in [5.41, 5.74) is 17.1. The monoisotopic (exact) mass is 265 g/mol. The highest BCUT2D eigenvalue weighted by atomic mass is 16.4. The summed E-state index contributed by atoms with van der Waals surface area (Å²) in [4.78, 5) is 23.2. The molecule has 0 saturated heterocycles. The second-order valence-electron chi connectivity index (χ2n) is 4.37. The first-order chi connectivity index (χ1) is 8.97. The summed E-state index contributed by atoms with van der Waals surface area (Å²) in [5, 5.41) is 9.05. The molecule has 6 heteroatoms. The summed E-state index contributed by atoms with van der Waals surface area (Å²) in [6.45, 7) is 0.541. The van der Waals surface area contributed by atoms with E-state index in [-0.39, 0.29) is 11.1 Å². The number of carboxylic acids is 1. The number of nitrogen functional groups attached to an aromatic ring is 1. The van der Waals surface area contributed by atoms with Crippen molar-refractivity contribution < 1.29 is 14.7 Å². The molecular formula is C13H19N3O3. The van der Waals surface area contributed by atoms with Gasteiger partial charge in [-0.2, -0.15) is 0 Å². The zero-order valence-electron chi connectivity index (χ0n) is 10.6. The predicted molar refractivity (Wildman–Crippen MR) is 73.0 cm³/mol. The molecular weight excluding hydrogens is 246 g/mol. The quantitative estimate of drug-likeness (QED) is 0.324. The van der Waals surface area contributed by atoms with E-state index in [4.69, 9.17) is 22.3 Å². The summed E-state index contributed by atoms with van der Waals surface area (Å²) in [7, 11) is 0. The van der Waals surface area contributed by atoms with Gasteiger partial charge in [0.2, 0.25) is 0 Å². The Morgan fingerprint density at radius 1 is 1.21 bits per heavy atom. The number of aromatic carboxylic acids is 1. The van der Waals surface area contributed by atoms with Crippen LogP contribution in [0.5, 0.6) is 0 Å². The van der Waals surface area contributed by atoms with Gasteiger partial charge in [-0.3, -0.25) is 4.79 Å². The first-order valence-electron chi connectivity index (χ1n) is 6.10. The van der Waals surface area contributed by atoms with Crippen LogP contribution < -0.4 is 17.2 Å². The fourth-order valence-corrected chi connectivity index (χ4v) is 1.79. The van der Waals surface area contributed by atoms with E-state index in [0.29, 0.717) is 18.7 Å². The Balaban J connectivity index is 2.91. The highest BCUT2D eigenvalue weighted by Gasteiger charge is 2.21. The van der Waals surface area contributed by atoms with Crippen molar-refractivity contribution in [2.45, 2.75) is 25.3 Å². The van der Waals surface area contributed by atoms with Gasteiger partial charge in [0.15, 0.2) is 5.78 Å². The van der Waals surface area contributed by atoms with E-state index in [1.807, 2.05) is 0 Å². The maximum atomic E-state index is 12.1. The molecule has 1 aromatic rings. The third-order valence-corrected chi connectivity index (χ3v) is 2.85. The summed E-state index contributed by atoms with van der Waals surface area (Å²) in [6.07, 6.45) is 1.99. The average molecular weight is 265 g/mol. The molecule has 0 aromatic heterocycles. The molecule has 104 valence electrons. The lowest BCUT2D eigenvalue weighted by molar-refractivity contribution is 0.0691. The minimum absolute atomic E-state index is 0.0627. The van der Waals surface area contributed by atoms with E-state index >= 15 is 0 Å². The molecule has 0 radical (unpaired) electrons. The van der Waals surface area contributed by atoms with Gasteiger partial charge in [0, 0.05) is 11.3 Å². The molecule has 0 bridgehead atoms. The highest BCUT2D eigenvalue weighted by molar-refractivity contribution is 6.08. The van der Waals surface area contributed by atoms with Gasteiger partial charge in [-0.25, -0.2) is 4.79 Å². The Kier molecular flexibility index (Phi) is 5.47. The molecule has 0 fully saturated rings. The van der Waals surface area contributed by atoms with Gasteiger partial charge in [-0.05, 0) is 37.6 Å². The number of carboxylic acid groups (broad SMARTS) is 1. The van der Waals surface area contributed by atoms with Crippen molar-refractivity contribution in [3.8, 4) is 0 Å². The van der Waals surface area contributed by atoms with Crippen LogP contribution in [0, 0.1) is 0 Å². The number of carbonyl (C=O) groups excluding carboxylic acids is 1. The van der Waals surface area contributed by atoms with E-state index in [0.717, 1.165) is 12.8 Å². The number of hydrogen-bond donors (Lipinski definition) is 4. The number of rotatable bonds is 7. The summed E-state index contributed by atoms with van der Waals surface area (Å²) >= 11 is 0. The standard InChI is InChI=1S/C13H19N3O3/c14-6-2-1-3-11(16)12(17)10-7-8(15)4-5-9(10)13(18)19/h4-5,7,11H,1-3,6,14-16H2,(H,18,19)/t11-/m0/s1. The number of benzene rings is 1. The third kappa shape index (κ3) is 4.04. The van der Waals surface area contributed by atoms with Gasteiger partial charge in [0.05, 0.1) is 11.6 Å². The first-order valence-corrected chi connectivity index (χ1v) is 6.10. The summed E-state index contributed by atoms with van der Waals surface area (Å²) in [5.74, 6) is -1.57. The van der Waals surface area contributed by atoms with Crippen molar-refractivity contribution in [3.05, 3.63) is 29.3 Å². The minimum atomic E-state index is -1.17. The van der Waals surface area contributed by atoms with Gasteiger partial charge >= 0.3 is 5.97 Å². The maximum absolute atomic E-state index is 12.1. The van der Waals surface area contributed by atoms with Crippen molar-refractivity contribution in [1.82, 2.24) is 0 Å². The molecule has 1 rings (SSSR count). The average Bonchev–Trinajstić information content (AvgIpc) is 2.37. The van der Waals surface area contributed by atoms with Crippen LogP contribution >= 0.6 is 0 Å². The van der Waals surface area contributed by atoms with Crippen LogP contribution in [0.1, 0.15) is 40.0 Å². The Bertz CT molecular complexity index is 474. The van der Waals surface area contributed by atoms with Crippen LogP contribution in [0.15, 0.2) is 18.2 Å². The Hall–Kier alpha value is -1.92. The zero-order valence-corrected chi connectivity index (χ0v) is 10.6. The molecule has 1 atom stereocenters. The van der Waals surface area contributed by atoms with E-state index in [2.05, 4.69) is 0 Å². The van der Waals surface area contributed by atoms with Crippen molar-refractivity contribution >= 4 is 17.4 Å². The lowest BCUT2D eigenvalue weighted by Gasteiger charge is -2.12. The molecule has 6 nitrogen and oxygen atoms in total. The van der Waals surface area contributed by atoms with Gasteiger partial charge in [0.25, 0.3) is 0 Å². The second kappa shape index (κ2) is 6.86. The number of carbonyl (C=O) groups is 2. The maximum Gasteiger partial charge on any atom is 0.336 e. The van der Waals surface area contributed by atoms with Crippen LogP contribution in [0.25, 0.3) is 0 Å². The largest absolute Gasteiger partial charge is 0.478 e. The van der Waals surface area contributed by atoms with Gasteiger partial charge in [-0.15, -0.1) is 0 Å². The molecule has 0 heterocycles. The molecule has 0 aliphatic carbocycles. The highest BCUT2D eigenvalue weighted by Crippen LogP contribution is 2.17. The molecule has 0 saturated carbocycles. The lowest BCUT2D eigenvalue weighted by Crippen LogP contribution is -2.31. The SMILES string of the molecule is NCCCC[C@H](N)C(=O)c1cc(N)ccc1C(=O)O. The molecule has 7 N–H and O–H groups in total. The van der Waals surface area contributed by atoms with Crippen molar-refractivity contribution in [3.63, 3.8) is 0 Å². The molecule has 0 spiro atoms. The predicted octanol–water partition coefficient (Wildman–Crippen LogP) is 0.606. The normalized spacial score (nSPS) is 12.1. The molecule has 0 amide bonds. The second-order valence-corrected chi connectivity index (χ2v) is 4.37. The molecule has 0 aliphatic heterocycles. The van der Waals surface area contributed by atoms with E-state index < -0.39 is 17.8 Å². The number of nitrogens with two attached hydrogens (primary N) is 3. The molecule has 1 aromatic carbocycles. The zero-order chi connectivity index (χ0) is 14.4. The van der Waals surface area contributed by atoms with Crippen LogP contribution in [0.3, 0.4) is 0 Å². The fourth-order valence-electron chi connectivity index (χ4n) is 1.79. The number of unbranched alkanes of at least 4 members (excludes halogenated alkanes) is 1. The summed E-state index contributed by atoms with van der Waals surface area (Å²) in [6, 6.07) is 3.39. The number of ketones is 1. The number of anilines is 1. The van der Waals surface area contributed by atoms with Crippen LogP contribution in [0.2, 0.25) is 0 Å². The van der Waals surface area contributed by atoms with Crippen LogP contribution in [-0.4, -0.2) is 29.4 Å². The van der Waals surface area contributed by atoms with Gasteiger partial charge in [0.1, 0.15) is 0 Å². The number of Topliss-reactive ketones (excluding diaryl/α,β-unsaturated/α-hetero) is 1. The Morgan fingerprint density at radius 3 is 2.47 bits per heavy atom. The van der Waals surface area contributed by atoms with E-state index in [1.165, 1.54) is 18.2 Å². The first kappa shape index (κ1) is 15.1. The van der Waals surface area contributed by atoms with Crippen LogP contribution in [0.4, 0.5) is 5.69 Å². The van der Waals surface area contributed by atoms with Crippen molar-refractivity contribution in [1.29, 1.82) is 0 Å². The van der Waals surface area contributed by atoms with Gasteiger partial charge in [-0.1, -0.05) is 6.42 Å². The Morgan fingerprint density at radius 2 is 1.89 bits per heavy atom. The van der Waals surface area contributed by atoms with Gasteiger partial charge < -0.3 is 22.3 Å².